The molecule has 0 radical (unpaired) electrons. The number of carbonyl (C=O) groups is 1. The fourth-order valence-electron chi connectivity index (χ4n) is 10.4. The first-order valence-electron chi connectivity index (χ1n) is 20.9. The molecule has 7 nitrogen and oxygen atoms in total. The van der Waals surface area contributed by atoms with E-state index in [-0.39, 0.29) is 35.1 Å². The minimum atomic E-state index is -2.78. The number of fused-ring (bicyclic) bond motifs is 4. The molecule has 1 amide bonds. The molecule has 8 heteroatoms. The summed E-state index contributed by atoms with van der Waals surface area (Å²) in [6, 6.07) is 48.7. The number of hydrogen-bond donors (Lipinski definition) is 0. The molecule has 2 saturated heterocycles. The Morgan fingerprint density at radius 2 is 1.34 bits per heavy atom. The molecule has 3 heterocycles. The van der Waals surface area contributed by atoms with Crippen molar-refractivity contribution in [3.8, 4) is 5.75 Å². The second kappa shape index (κ2) is 17.0. The highest BCUT2D eigenvalue weighted by molar-refractivity contribution is 6.99. The zero-order valence-electron chi connectivity index (χ0n) is 34.7. The summed E-state index contributed by atoms with van der Waals surface area (Å²) < 4.78 is 25.8. The molecular weight excluding hydrogens is 737 g/mol. The minimum absolute atomic E-state index is 0.0269. The Hall–Kier alpha value is -4.57. The van der Waals surface area contributed by atoms with Crippen LogP contribution in [0.25, 0.3) is 0 Å². The number of ether oxygens (including phenoxy) is 3. The number of carbonyl (C=O) groups excluding carboxylic acids is 1. The van der Waals surface area contributed by atoms with E-state index in [9.17, 15) is 0 Å². The summed E-state index contributed by atoms with van der Waals surface area (Å²) in [6.45, 7) is 10.3. The average molecular weight is 795 g/mol. The summed E-state index contributed by atoms with van der Waals surface area (Å²) in [4.78, 5) is 20.0. The van der Waals surface area contributed by atoms with Crippen molar-refractivity contribution in [1.82, 2.24) is 4.90 Å². The summed E-state index contributed by atoms with van der Waals surface area (Å²) in [7, 11) is 0.674. The second-order valence-electron chi connectivity index (χ2n) is 17.4. The van der Waals surface area contributed by atoms with E-state index in [0.29, 0.717) is 19.8 Å². The molecule has 0 N–H and O–H groups in total. The summed E-state index contributed by atoms with van der Waals surface area (Å²) >= 11 is 0. The quantitative estimate of drug-likeness (QED) is 0.0833. The zero-order chi connectivity index (χ0) is 40.3. The molecule has 0 bridgehead atoms. The lowest BCUT2D eigenvalue weighted by molar-refractivity contribution is -0.130. The number of methoxy groups -OCH3 is 2. The van der Waals surface area contributed by atoms with Crippen molar-refractivity contribution < 1.29 is 23.4 Å². The Morgan fingerprint density at radius 1 is 0.759 bits per heavy atom. The van der Waals surface area contributed by atoms with Crippen LogP contribution in [0.15, 0.2) is 140 Å². The van der Waals surface area contributed by atoms with Crippen LogP contribution in [-0.2, 0) is 37.3 Å². The van der Waals surface area contributed by atoms with E-state index in [1.165, 1.54) is 10.4 Å². The normalized spacial score (nSPS) is 22.1. The molecule has 4 atom stereocenters. The van der Waals surface area contributed by atoms with Crippen LogP contribution in [0.4, 0.5) is 5.69 Å². The van der Waals surface area contributed by atoms with Crippen LogP contribution in [0.1, 0.15) is 56.7 Å². The van der Waals surface area contributed by atoms with Crippen molar-refractivity contribution in [2.45, 2.75) is 76.0 Å². The maximum absolute atomic E-state index is 15.3. The molecule has 5 aromatic carbocycles. The van der Waals surface area contributed by atoms with Crippen LogP contribution in [-0.4, -0.2) is 65.4 Å². The molecule has 5 aromatic rings. The standard InChI is InChI=1S/C50H58N2O5Si/c1-49(2,3)58(42-22-14-8-15-23-42,43-24-16-9-17-25-43)57-36-40-34-51-29-28-50(46(51)30-39(40)31-47(54-4)55-5)44-27-26-41(56-35-38-20-12-7-13-21-38)32-45(44)52(48(50)53)33-37-18-10-6-11-19-37/h6-27,32,39-40,46-47H,28-31,33-36H2,1-5H3/t39-,40-,46+,50+/m1/s1. The van der Waals surface area contributed by atoms with Gasteiger partial charge in [0.2, 0.25) is 5.91 Å². The van der Waals surface area contributed by atoms with Crippen LogP contribution in [0.5, 0.6) is 5.75 Å². The third-order valence-corrected chi connectivity index (χ3v) is 18.2. The van der Waals surface area contributed by atoms with Gasteiger partial charge in [-0.2, -0.15) is 0 Å². The predicted octanol–water partition coefficient (Wildman–Crippen LogP) is 8.35. The van der Waals surface area contributed by atoms with Crippen molar-refractivity contribution in [2.75, 3.05) is 38.8 Å². The third-order valence-electron chi connectivity index (χ3n) is 13.2. The Balaban J connectivity index is 1.13. The Labute approximate surface area is 346 Å². The van der Waals surface area contributed by atoms with Gasteiger partial charge in [0.25, 0.3) is 8.32 Å². The zero-order valence-corrected chi connectivity index (χ0v) is 35.7. The second-order valence-corrected chi connectivity index (χ2v) is 21.7. The van der Waals surface area contributed by atoms with E-state index in [1.54, 1.807) is 14.2 Å². The lowest BCUT2D eigenvalue weighted by atomic mass is 9.68. The molecule has 3 aliphatic rings. The number of nitrogens with zero attached hydrogens (tertiary/aromatic N) is 2. The van der Waals surface area contributed by atoms with E-state index in [1.807, 2.05) is 41.3 Å². The van der Waals surface area contributed by atoms with Crippen LogP contribution in [0.2, 0.25) is 5.04 Å². The van der Waals surface area contributed by atoms with Gasteiger partial charge in [-0.05, 0) is 69.4 Å². The molecule has 8 rings (SSSR count). The highest BCUT2D eigenvalue weighted by Gasteiger charge is 2.62. The number of benzene rings is 5. The van der Waals surface area contributed by atoms with Gasteiger partial charge in [0.05, 0.1) is 17.6 Å². The van der Waals surface area contributed by atoms with Gasteiger partial charge in [0.1, 0.15) is 12.4 Å². The number of hydrogen-bond acceptors (Lipinski definition) is 6. The number of rotatable bonds is 14. The van der Waals surface area contributed by atoms with Crippen molar-refractivity contribution in [1.29, 1.82) is 0 Å². The van der Waals surface area contributed by atoms with E-state index in [2.05, 4.69) is 129 Å². The molecule has 0 unspecified atom stereocenters. The first kappa shape index (κ1) is 40.2. The fraction of sp³-hybridized carbons (Fsp3) is 0.380. The fourth-order valence-corrected chi connectivity index (χ4v) is 15.0. The largest absolute Gasteiger partial charge is 0.489 e. The monoisotopic (exact) mass is 794 g/mol. The van der Waals surface area contributed by atoms with Gasteiger partial charge in [0, 0.05) is 45.9 Å². The van der Waals surface area contributed by atoms with Crippen molar-refractivity contribution in [3.63, 3.8) is 0 Å². The average Bonchev–Trinajstić information content (AvgIpc) is 3.73. The van der Waals surface area contributed by atoms with Gasteiger partial charge in [0.15, 0.2) is 6.29 Å². The SMILES string of the molecule is COC(C[C@H]1C[C@@H]2N(CC[C@@]23C(=O)N(Cc2ccccc2)c2cc(OCc4ccccc4)ccc23)C[C@@H]1CO[Si](c1ccccc1)(c1ccccc1)C(C)(C)C)OC. The molecule has 2 fully saturated rings. The van der Waals surface area contributed by atoms with Gasteiger partial charge >= 0.3 is 0 Å². The van der Waals surface area contributed by atoms with Crippen LogP contribution < -0.4 is 20.0 Å². The van der Waals surface area contributed by atoms with Crippen molar-refractivity contribution in [3.05, 3.63) is 156 Å². The summed E-state index contributed by atoms with van der Waals surface area (Å²) in [5, 5.41) is 2.43. The molecular formula is C50H58N2O5Si. The first-order valence-corrected chi connectivity index (χ1v) is 22.8. The smallest absolute Gasteiger partial charge is 0.261 e. The Kier molecular flexibility index (Phi) is 11.8. The van der Waals surface area contributed by atoms with Crippen molar-refractivity contribution >= 4 is 30.3 Å². The van der Waals surface area contributed by atoms with Gasteiger partial charge in [-0.3, -0.25) is 9.69 Å². The summed E-state index contributed by atoms with van der Waals surface area (Å²) in [5.41, 5.74) is 3.62. The molecule has 0 aliphatic carbocycles. The molecule has 58 heavy (non-hydrogen) atoms. The van der Waals surface area contributed by atoms with E-state index in [4.69, 9.17) is 18.6 Å². The van der Waals surface area contributed by atoms with Gasteiger partial charge in [-0.25, -0.2) is 0 Å². The highest BCUT2D eigenvalue weighted by Crippen LogP contribution is 2.55. The topological polar surface area (TPSA) is 60.5 Å². The molecule has 3 aliphatic heterocycles. The number of piperidine rings is 1. The molecule has 0 saturated carbocycles. The van der Waals surface area contributed by atoms with E-state index >= 15 is 4.79 Å². The molecule has 1 spiro atoms. The van der Waals surface area contributed by atoms with Crippen molar-refractivity contribution in [2.24, 2.45) is 11.8 Å². The maximum atomic E-state index is 15.3. The minimum Gasteiger partial charge on any atom is -0.489 e. The van der Waals surface area contributed by atoms with Gasteiger partial charge < -0.3 is 23.5 Å². The van der Waals surface area contributed by atoms with Crippen LogP contribution in [0.3, 0.4) is 0 Å². The summed E-state index contributed by atoms with van der Waals surface area (Å²) in [5.74, 6) is 1.37. The third kappa shape index (κ3) is 7.46. The van der Waals surface area contributed by atoms with Crippen LogP contribution in [0, 0.1) is 11.8 Å². The predicted molar refractivity (Wildman–Crippen MR) is 234 cm³/mol. The maximum Gasteiger partial charge on any atom is 0.261 e. The van der Waals surface area contributed by atoms with Gasteiger partial charge in [-0.15, -0.1) is 0 Å². The first-order chi connectivity index (χ1) is 28.2. The van der Waals surface area contributed by atoms with E-state index < -0.39 is 13.7 Å². The lowest BCUT2D eigenvalue weighted by Crippen LogP contribution is -2.67. The van der Waals surface area contributed by atoms with E-state index in [0.717, 1.165) is 60.5 Å². The Morgan fingerprint density at radius 3 is 1.93 bits per heavy atom. The van der Waals surface area contributed by atoms with Crippen LogP contribution >= 0.6 is 0 Å². The molecule has 0 aromatic heterocycles. The Bertz CT molecular complexity index is 2090. The number of amides is 1. The highest BCUT2D eigenvalue weighted by atomic mass is 28.4. The molecule has 302 valence electrons. The summed E-state index contributed by atoms with van der Waals surface area (Å²) in [6.07, 6.45) is 1.99. The van der Waals surface area contributed by atoms with Gasteiger partial charge in [-0.1, -0.05) is 148 Å². The lowest BCUT2D eigenvalue weighted by Gasteiger charge is -2.48. The number of anilines is 1.